The number of carbonyl (C=O) groups is 1. The quantitative estimate of drug-likeness (QED) is 0.880. The Labute approximate surface area is 120 Å². The van der Waals surface area contributed by atoms with Crippen molar-refractivity contribution in [3.05, 3.63) is 71.3 Å². The highest BCUT2D eigenvalue weighted by Gasteiger charge is 2.09. The van der Waals surface area contributed by atoms with Crippen LogP contribution in [-0.2, 0) is 17.6 Å². The Balaban J connectivity index is 1.93. The van der Waals surface area contributed by atoms with Crippen LogP contribution in [0.3, 0.4) is 0 Å². The summed E-state index contributed by atoms with van der Waals surface area (Å²) in [6.45, 7) is 4.16. The molecule has 104 valence electrons. The van der Waals surface area contributed by atoms with E-state index in [1.807, 2.05) is 37.3 Å². The highest BCUT2D eigenvalue weighted by Crippen LogP contribution is 2.14. The van der Waals surface area contributed by atoms with Crippen LogP contribution in [0, 0.1) is 0 Å². The molecule has 2 rings (SSSR count). The molecule has 0 radical (unpaired) electrons. The smallest absolute Gasteiger partial charge is 0.224 e. The van der Waals surface area contributed by atoms with E-state index in [0.717, 1.165) is 17.5 Å². The molecule has 0 aliphatic carbocycles. The molecular weight excluding hydrogens is 246 g/mol. The molecule has 0 aromatic heterocycles. The second kappa shape index (κ2) is 6.90. The molecule has 1 amide bonds. The Morgan fingerprint density at radius 1 is 1.00 bits per heavy atom. The van der Waals surface area contributed by atoms with Gasteiger partial charge in [0.1, 0.15) is 0 Å². The molecule has 2 heteroatoms. The molecule has 0 bridgehead atoms. The van der Waals surface area contributed by atoms with Gasteiger partial charge < -0.3 is 5.32 Å². The van der Waals surface area contributed by atoms with Crippen molar-refractivity contribution in [2.24, 2.45) is 0 Å². The van der Waals surface area contributed by atoms with E-state index >= 15 is 0 Å². The molecule has 0 saturated heterocycles. The number of aryl methyl sites for hydroxylation is 1. The number of nitrogens with one attached hydrogen (secondary N) is 1. The highest BCUT2D eigenvalue weighted by molar-refractivity contribution is 5.78. The third kappa shape index (κ3) is 3.95. The van der Waals surface area contributed by atoms with Crippen LogP contribution < -0.4 is 5.32 Å². The lowest BCUT2D eigenvalue weighted by molar-refractivity contribution is -0.121. The molecule has 1 N–H and O–H groups in total. The van der Waals surface area contributed by atoms with Gasteiger partial charge in [-0.25, -0.2) is 0 Å². The average molecular weight is 267 g/mol. The Bertz CT molecular complexity index is 545. The van der Waals surface area contributed by atoms with Gasteiger partial charge in [-0.2, -0.15) is 0 Å². The maximum atomic E-state index is 12.0. The van der Waals surface area contributed by atoms with Crippen LogP contribution in [0.1, 0.15) is 36.6 Å². The second-order valence-electron chi connectivity index (χ2n) is 5.05. The molecule has 0 fully saturated rings. The Kier molecular flexibility index (Phi) is 4.94. The van der Waals surface area contributed by atoms with E-state index in [4.69, 9.17) is 0 Å². The van der Waals surface area contributed by atoms with Crippen molar-refractivity contribution in [1.82, 2.24) is 5.32 Å². The zero-order chi connectivity index (χ0) is 14.4. The summed E-state index contributed by atoms with van der Waals surface area (Å²) in [4.78, 5) is 12.0. The van der Waals surface area contributed by atoms with Crippen molar-refractivity contribution in [3.63, 3.8) is 0 Å². The largest absolute Gasteiger partial charge is 0.349 e. The summed E-state index contributed by atoms with van der Waals surface area (Å²) in [5, 5.41) is 3.04. The molecule has 20 heavy (non-hydrogen) atoms. The fourth-order valence-electron chi connectivity index (χ4n) is 2.20. The minimum Gasteiger partial charge on any atom is -0.349 e. The zero-order valence-corrected chi connectivity index (χ0v) is 12.1. The fourth-order valence-corrected chi connectivity index (χ4v) is 2.20. The van der Waals surface area contributed by atoms with Crippen LogP contribution in [-0.4, -0.2) is 5.91 Å². The number of amides is 1. The molecule has 2 nitrogen and oxygen atoms in total. The van der Waals surface area contributed by atoms with Gasteiger partial charge in [-0.05, 0) is 30.0 Å². The van der Waals surface area contributed by atoms with Gasteiger partial charge in [0.05, 0.1) is 12.5 Å². The Morgan fingerprint density at radius 3 is 2.25 bits per heavy atom. The van der Waals surface area contributed by atoms with Gasteiger partial charge in [-0.3, -0.25) is 4.79 Å². The SMILES string of the molecule is CCc1ccc([C@H](C)NC(=O)Cc2ccccc2)cc1. The van der Waals surface area contributed by atoms with E-state index < -0.39 is 0 Å². The first-order chi connectivity index (χ1) is 9.69. The monoisotopic (exact) mass is 267 g/mol. The molecule has 2 aromatic carbocycles. The number of benzene rings is 2. The number of rotatable bonds is 5. The number of hydrogen-bond donors (Lipinski definition) is 1. The first-order valence-electron chi connectivity index (χ1n) is 7.11. The standard InChI is InChI=1S/C18H21NO/c1-3-15-9-11-17(12-10-15)14(2)19-18(20)13-16-7-5-4-6-8-16/h4-12,14H,3,13H2,1-2H3,(H,19,20)/t14-/m0/s1. The summed E-state index contributed by atoms with van der Waals surface area (Å²) < 4.78 is 0. The van der Waals surface area contributed by atoms with Crippen LogP contribution in [0.15, 0.2) is 54.6 Å². The predicted molar refractivity (Wildman–Crippen MR) is 82.5 cm³/mol. The molecule has 1 atom stereocenters. The van der Waals surface area contributed by atoms with Gasteiger partial charge in [-0.1, -0.05) is 61.5 Å². The van der Waals surface area contributed by atoms with Crippen LogP contribution in [0.25, 0.3) is 0 Å². The Hall–Kier alpha value is -2.09. The first-order valence-corrected chi connectivity index (χ1v) is 7.11. The van der Waals surface area contributed by atoms with Crippen LogP contribution >= 0.6 is 0 Å². The third-order valence-electron chi connectivity index (χ3n) is 3.47. The average Bonchev–Trinajstić information content (AvgIpc) is 2.48. The third-order valence-corrected chi connectivity index (χ3v) is 3.47. The van der Waals surface area contributed by atoms with Crippen molar-refractivity contribution in [3.8, 4) is 0 Å². The summed E-state index contributed by atoms with van der Waals surface area (Å²) in [5.41, 5.74) is 3.50. The second-order valence-corrected chi connectivity index (χ2v) is 5.05. The van der Waals surface area contributed by atoms with E-state index in [2.05, 4.69) is 36.5 Å². The number of hydrogen-bond acceptors (Lipinski definition) is 1. The summed E-state index contributed by atoms with van der Waals surface area (Å²) >= 11 is 0. The van der Waals surface area contributed by atoms with Crippen LogP contribution in [0.5, 0.6) is 0 Å². The van der Waals surface area contributed by atoms with Crippen LogP contribution in [0.2, 0.25) is 0 Å². The predicted octanol–water partition coefficient (Wildman–Crippen LogP) is 3.67. The minimum absolute atomic E-state index is 0.0390. The van der Waals surface area contributed by atoms with Gasteiger partial charge in [0.15, 0.2) is 0 Å². The topological polar surface area (TPSA) is 29.1 Å². The molecular formula is C18H21NO. The minimum atomic E-state index is 0.0390. The van der Waals surface area contributed by atoms with Crippen molar-refractivity contribution >= 4 is 5.91 Å². The van der Waals surface area contributed by atoms with Gasteiger partial charge in [0.25, 0.3) is 0 Å². The maximum Gasteiger partial charge on any atom is 0.224 e. The summed E-state index contributed by atoms with van der Waals surface area (Å²) in [7, 11) is 0. The zero-order valence-electron chi connectivity index (χ0n) is 12.1. The number of carbonyl (C=O) groups excluding carboxylic acids is 1. The molecule has 0 unspecified atom stereocenters. The molecule has 0 aliphatic heterocycles. The summed E-state index contributed by atoms with van der Waals surface area (Å²) in [6.07, 6.45) is 1.47. The van der Waals surface area contributed by atoms with Gasteiger partial charge >= 0.3 is 0 Å². The molecule has 2 aromatic rings. The maximum absolute atomic E-state index is 12.0. The molecule has 0 heterocycles. The lowest BCUT2D eigenvalue weighted by atomic mass is 10.0. The van der Waals surface area contributed by atoms with E-state index in [9.17, 15) is 4.79 Å². The van der Waals surface area contributed by atoms with Gasteiger partial charge in [-0.15, -0.1) is 0 Å². The normalized spacial score (nSPS) is 11.9. The van der Waals surface area contributed by atoms with Crippen LogP contribution in [0.4, 0.5) is 0 Å². The van der Waals surface area contributed by atoms with E-state index in [0.29, 0.717) is 6.42 Å². The van der Waals surface area contributed by atoms with Gasteiger partial charge in [0.2, 0.25) is 5.91 Å². The van der Waals surface area contributed by atoms with E-state index in [1.165, 1.54) is 5.56 Å². The highest BCUT2D eigenvalue weighted by atomic mass is 16.1. The fraction of sp³-hybridized carbons (Fsp3) is 0.278. The molecule has 0 saturated carbocycles. The van der Waals surface area contributed by atoms with E-state index in [1.54, 1.807) is 0 Å². The summed E-state index contributed by atoms with van der Waals surface area (Å²) in [5.74, 6) is 0.0586. The molecule has 0 aliphatic rings. The Morgan fingerprint density at radius 2 is 1.65 bits per heavy atom. The van der Waals surface area contributed by atoms with Crippen molar-refractivity contribution in [2.45, 2.75) is 32.7 Å². The molecule has 0 spiro atoms. The van der Waals surface area contributed by atoms with Crippen molar-refractivity contribution in [1.29, 1.82) is 0 Å². The lowest BCUT2D eigenvalue weighted by Crippen LogP contribution is -2.28. The first kappa shape index (κ1) is 14.3. The lowest BCUT2D eigenvalue weighted by Gasteiger charge is -2.15. The van der Waals surface area contributed by atoms with Crippen molar-refractivity contribution in [2.75, 3.05) is 0 Å². The van der Waals surface area contributed by atoms with Gasteiger partial charge in [0, 0.05) is 0 Å². The van der Waals surface area contributed by atoms with Crippen molar-refractivity contribution < 1.29 is 4.79 Å². The summed E-state index contributed by atoms with van der Waals surface area (Å²) in [6, 6.07) is 18.3. The van der Waals surface area contributed by atoms with E-state index in [-0.39, 0.29) is 11.9 Å².